The number of furan rings is 1. The maximum atomic E-state index is 13.0. The summed E-state index contributed by atoms with van der Waals surface area (Å²) in [6.45, 7) is 9.17. The Labute approximate surface area is 174 Å². The minimum atomic E-state index is -0.348. The van der Waals surface area contributed by atoms with E-state index < -0.39 is 0 Å². The molecular weight excluding hydrogens is 392 g/mol. The molecule has 1 aliphatic heterocycles. The molecule has 1 fully saturated rings. The van der Waals surface area contributed by atoms with Crippen LogP contribution >= 0.6 is 11.3 Å². The van der Waals surface area contributed by atoms with E-state index in [9.17, 15) is 14.4 Å². The Hall–Kier alpha value is -2.81. The summed E-state index contributed by atoms with van der Waals surface area (Å²) in [4.78, 5) is 43.5. The summed E-state index contributed by atoms with van der Waals surface area (Å²) in [7, 11) is 0. The number of nitrogens with zero attached hydrogens (tertiary/aromatic N) is 3. The van der Waals surface area contributed by atoms with Crippen molar-refractivity contribution in [3.05, 3.63) is 40.7 Å². The first-order chi connectivity index (χ1) is 13.9. The minimum absolute atomic E-state index is 0.0253. The average Bonchev–Trinajstić information content (AvgIpc) is 3.38. The quantitative estimate of drug-likeness (QED) is 0.808. The monoisotopic (exact) mass is 418 g/mol. The second-order valence-electron chi connectivity index (χ2n) is 6.79. The van der Waals surface area contributed by atoms with Gasteiger partial charge >= 0.3 is 6.03 Å². The van der Waals surface area contributed by atoms with Crippen molar-refractivity contribution in [1.29, 1.82) is 0 Å². The van der Waals surface area contributed by atoms with Crippen molar-refractivity contribution in [1.82, 2.24) is 14.7 Å². The van der Waals surface area contributed by atoms with Gasteiger partial charge in [0.2, 0.25) is 0 Å². The molecule has 0 aliphatic carbocycles. The Balaban J connectivity index is 1.61. The number of piperazine rings is 1. The van der Waals surface area contributed by atoms with Crippen LogP contribution in [-0.4, -0.2) is 71.8 Å². The van der Waals surface area contributed by atoms with Crippen molar-refractivity contribution in [2.24, 2.45) is 0 Å². The number of urea groups is 1. The first kappa shape index (κ1) is 20.9. The summed E-state index contributed by atoms with van der Waals surface area (Å²) in [6.07, 6.45) is 1.44. The molecule has 2 aromatic rings. The molecule has 0 radical (unpaired) electrons. The Morgan fingerprint density at radius 1 is 1.14 bits per heavy atom. The molecule has 0 bridgehead atoms. The van der Waals surface area contributed by atoms with Crippen LogP contribution in [-0.2, 0) is 0 Å². The van der Waals surface area contributed by atoms with Gasteiger partial charge in [-0.3, -0.25) is 9.59 Å². The van der Waals surface area contributed by atoms with E-state index >= 15 is 0 Å². The normalized spacial score (nSPS) is 14.0. The van der Waals surface area contributed by atoms with Crippen LogP contribution < -0.4 is 5.32 Å². The topological polar surface area (TPSA) is 86.1 Å². The SMILES string of the molecule is CCN(CC)C(=O)N1CCN(C(=O)c2sc(NC(=O)c3ccco3)cc2C)CC1. The van der Waals surface area contributed by atoms with Gasteiger partial charge in [0, 0.05) is 39.3 Å². The molecule has 2 aromatic heterocycles. The molecular formula is C20H26N4O4S. The van der Waals surface area contributed by atoms with E-state index in [1.54, 1.807) is 32.9 Å². The molecule has 0 aromatic carbocycles. The molecule has 0 atom stereocenters. The molecule has 156 valence electrons. The van der Waals surface area contributed by atoms with Crippen molar-refractivity contribution < 1.29 is 18.8 Å². The highest BCUT2D eigenvalue weighted by molar-refractivity contribution is 7.18. The lowest BCUT2D eigenvalue weighted by atomic mass is 10.2. The van der Waals surface area contributed by atoms with E-state index in [0.29, 0.717) is 49.1 Å². The van der Waals surface area contributed by atoms with Gasteiger partial charge in [-0.15, -0.1) is 11.3 Å². The van der Waals surface area contributed by atoms with Gasteiger partial charge in [-0.05, 0) is 44.5 Å². The van der Waals surface area contributed by atoms with E-state index in [4.69, 9.17) is 4.42 Å². The van der Waals surface area contributed by atoms with Gasteiger partial charge in [-0.2, -0.15) is 0 Å². The van der Waals surface area contributed by atoms with Gasteiger partial charge in [-0.25, -0.2) is 4.79 Å². The van der Waals surface area contributed by atoms with Gasteiger partial charge in [-0.1, -0.05) is 0 Å². The number of amides is 4. The summed E-state index contributed by atoms with van der Waals surface area (Å²) < 4.78 is 5.09. The summed E-state index contributed by atoms with van der Waals surface area (Å²) in [5.41, 5.74) is 0.816. The fourth-order valence-electron chi connectivity index (χ4n) is 3.28. The van der Waals surface area contributed by atoms with Crippen LogP contribution in [0.3, 0.4) is 0 Å². The third-order valence-electron chi connectivity index (χ3n) is 4.97. The van der Waals surface area contributed by atoms with Gasteiger partial charge in [0.15, 0.2) is 5.76 Å². The molecule has 4 amide bonds. The Bertz CT molecular complexity index is 865. The smallest absolute Gasteiger partial charge is 0.320 e. The number of anilines is 1. The van der Waals surface area contributed by atoms with Gasteiger partial charge in [0.05, 0.1) is 16.1 Å². The van der Waals surface area contributed by atoms with Crippen LogP contribution in [0.15, 0.2) is 28.9 Å². The summed E-state index contributed by atoms with van der Waals surface area (Å²) >= 11 is 1.25. The highest BCUT2D eigenvalue weighted by atomic mass is 32.1. The number of hydrogen-bond acceptors (Lipinski definition) is 5. The van der Waals surface area contributed by atoms with Crippen molar-refractivity contribution in [3.8, 4) is 0 Å². The van der Waals surface area contributed by atoms with E-state index in [1.165, 1.54) is 17.6 Å². The van der Waals surface area contributed by atoms with Gasteiger partial charge in [0.1, 0.15) is 0 Å². The third kappa shape index (κ3) is 4.61. The molecule has 0 spiro atoms. The fraction of sp³-hybridized carbons (Fsp3) is 0.450. The van der Waals surface area contributed by atoms with E-state index in [1.807, 2.05) is 20.8 Å². The zero-order valence-corrected chi connectivity index (χ0v) is 17.8. The zero-order valence-electron chi connectivity index (χ0n) is 16.9. The number of rotatable bonds is 5. The zero-order chi connectivity index (χ0) is 21.0. The lowest BCUT2D eigenvalue weighted by molar-refractivity contribution is 0.0645. The van der Waals surface area contributed by atoms with Crippen molar-refractivity contribution in [2.45, 2.75) is 20.8 Å². The molecule has 9 heteroatoms. The van der Waals surface area contributed by atoms with Gasteiger partial charge < -0.3 is 24.4 Å². The fourth-order valence-corrected chi connectivity index (χ4v) is 4.31. The minimum Gasteiger partial charge on any atom is -0.459 e. The van der Waals surface area contributed by atoms with Crippen LogP contribution in [0.5, 0.6) is 0 Å². The van der Waals surface area contributed by atoms with Crippen LogP contribution in [0.4, 0.5) is 9.80 Å². The molecule has 3 heterocycles. The first-order valence-corrected chi connectivity index (χ1v) is 10.5. The highest BCUT2D eigenvalue weighted by Crippen LogP contribution is 2.28. The predicted molar refractivity (Wildman–Crippen MR) is 112 cm³/mol. The Morgan fingerprint density at radius 2 is 1.79 bits per heavy atom. The number of aryl methyl sites for hydroxylation is 1. The molecule has 1 aliphatic rings. The summed E-state index contributed by atoms with van der Waals surface area (Å²) in [6, 6.07) is 5.05. The lowest BCUT2D eigenvalue weighted by Gasteiger charge is -2.37. The maximum absolute atomic E-state index is 13.0. The van der Waals surface area contributed by atoms with Crippen molar-refractivity contribution in [2.75, 3.05) is 44.6 Å². The van der Waals surface area contributed by atoms with E-state index in [0.717, 1.165) is 5.56 Å². The number of carbonyl (C=O) groups excluding carboxylic acids is 3. The van der Waals surface area contributed by atoms with E-state index in [2.05, 4.69) is 5.32 Å². The van der Waals surface area contributed by atoms with Crippen molar-refractivity contribution in [3.63, 3.8) is 0 Å². The molecule has 0 saturated carbocycles. The van der Waals surface area contributed by atoms with Crippen LogP contribution in [0.25, 0.3) is 0 Å². The maximum Gasteiger partial charge on any atom is 0.320 e. The average molecular weight is 419 g/mol. The van der Waals surface area contributed by atoms with Crippen LogP contribution in [0.2, 0.25) is 0 Å². The lowest BCUT2D eigenvalue weighted by Crippen LogP contribution is -2.54. The number of thiophene rings is 1. The second kappa shape index (κ2) is 9.13. The Morgan fingerprint density at radius 3 is 2.38 bits per heavy atom. The summed E-state index contributed by atoms with van der Waals surface area (Å²) in [5, 5.41) is 3.37. The highest BCUT2D eigenvalue weighted by Gasteiger charge is 2.28. The molecule has 0 unspecified atom stereocenters. The number of carbonyl (C=O) groups is 3. The molecule has 8 nitrogen and oxygen atoms in total. The molecule has 3 rings (SSSR count). The predicted octanol–water partition coefficient (Wildman–Crippen LogP) is 3.12. The van der Waals surface area contributed by atoms with Crippen LogP contribution in [0, 0.1) is 6.92 Å². The Kier molecular flexibility index (Phi) is 6.58. The van der Waals surface area contributed by atoms with E-state index in [-0.39, 0.29) is 23.6 Å². The number of hydrogen-bond donors (Lipinski definition) is 1. The van der Waals surface area contributed by atoms with Gasteiger partial charge in [0.25, 0.3) is 11.8 Å². The number of nitrogens with one attached hydrogen (secondary N) is 1. The molecule has 1 saturated heterocycles. The molecule has 29 heavy (non-hydrogen) atoms. The standard InChI is InChI=1S/C20H26N4O4S/c1-4-22(5-2)20(27)24-10-8-23(9-11-24)19(26)17-14(3)13-16(29-17)21-18(25)15-7-6-12-28-15/h6-7,12-13H,4-5,8-11H2,1-3H3,(H,21,25). The second-order valence-corrected chi connectivity index (χ2v) is 7.84. The largest absolute Gasteiger partial charge is 0.459 e. The van der Waals surface area contributed by atoms with Crippen molar-refractivity contribution >= 4 is 34.2 Å². The first-order valence-electron chi connectivity index (χ1n) is 9.73. The molecule has 1 N–H and O–H groups in total. The van der Waals surface area contributed by atoms with Crippen LogP contribution in [0.1, 0.15) is 39.6 Å². The summed E-state index contributed by atoms with van der Waals surface area (Å²) in [5.74, 6) is -0.197. The third-order valence-corrected chi connectivity index (χ3v) is 6.11.